The SMILES string of the molecule is CC1=CC(c2ccc(CO)o2)n2nccc2N1C(=O)N1CCN(c2ccc(F)cc2)CC1. The lowest BCUT2D eigenvalue weighted by molar-refractivity contribution is 0.202. The summed E-state index contributed by atoms with van der Waals surface area (Å²) < 4.78 is 20.7. The highest BCUT2D eigenvalue weighted by molar-refractivity contribution is 5.95. The van der Waals surface area contributed by atoms with Gasteiger partial charge in [0.05, 0.1) is 6.20 Å². The first-order valence-electron chi connectivity index (χ1n) is 10.6. The predicted octanol–water partition coefficient (Wildman–Crippen LogP) is 3.36. The number of benzene rings is 1. The van der Waals surface area contributed by atoms with Crippen molar-refractivity contribution in [2.45, 2.75) is 19.6 Å². The van der Waals surface area contributed by atoms with Crippen molar-refractivity contribution in [3.05, 3.63) is 77.8 Å². The summed E-state index contributed by atoms with van der Waals surface area (Å²) in [5.74, 6) is 1.55. The first-order chi connectivity index (χ1) is 15.5. The summed E-state index contributed by atoms with van der Waals surface area (Å²) in [5, 5.41) is 13.7. The number of piperazine rings is 1. The number of nitrogens with zero attached hydrogens (tertiary/aromatic N) is 5. The summed E-state index contributed by atoms with van der Waals surface area (Å²) in [6, 6.07) is 11.4. The number of fused-ring (bicyclic) bond motifs is 1. The number of carbonyl (C=O) groups excluding carboxylic acids is 1. The van der Waals surface area contributed by atoms with Gasteiger partial charge in [0.25, 0.3) is 0 Å². The summed E-state index contributed by atoms with van der Waals surface area (Å²) >= 11 is 0. The fraction of sp³-hybridized carbons (Fsp3) is 0.304. The van der Waals surface area contributed by atoms with E-state index in [0.29, 0.717) is 43.5 Å². The van der Waals surface area contributed by atoms with E-state index in [1.165, 1.54) is 12.1 Å². The van der Waals surface area contributed by atoms with Gasteiger partial charge in [0.2, 0.25) is 0 Å². The Labute approximate surface area is 184 Å². The molecule has 1 unspecified atom stereocenters. The van der Waals surface area contributed by atoms with Gasteiger partial charge < -0.3 is 19.3 Å². The molecule has 0 radical (unpaired) electrons. The molecule has 1 fully saturated rings. The molecule has 2 aliphatic rings. The van der Waals surface area contributed by atoms with Crippen molar-refractivity contribution >= 4 is 17.5 Å². The zero-order chi connectivity index (χ0) is 22.2. The Morgan fingerprint density at radius 1 is 1.12 bits per heavy atom. The molecule has 2 aromatic heterocycles. The van der Waals surface area contributed by atoms with Gasteiger partial charge in [-0.05, 0) is 49.4 Å². The molecule has 1 saturated heterocycles. The van der Waals surface area contributed by atoms with Crippen molar-refractivity contribution < 1.29 is 18.7 Å². The molecule has 1 N–H and O–H groups in total. The standard InChI is InChI=1S/C23H24FN5O3/c1-16-14-20(21-7-6-19(15-30)32-21)29-22(8-9-25-29)28(16)23(31)27-12-10-26(11-13-27)18-4-2-17(24)3-5-18/h2-9,14,20,30H,10-13,15H2,1H3. The first kappa shape index (κ1) is 20.3. The van der Waals surface area contributed by atoms with Crippen molar-refractivity contribution in [1.29, 1.82) is 0 Å². The van der Waals surface area contributed by atoms with Gasteiger partial charge >= 0.3 is 6.03 Å². The molecular weight excluding hydrogens is 413 g/mol. The van der Waals surface area contributed by atoms with E-state index in [1.807, 2.05) is 30.0 Å². The Balaban J connectivity index is 1.33. The summed E-state index contributed by atoms with van der Waals surface area (Å²) in [6.45, 7) is 4.20. The van der Waals surface area contributed by atoms with E-state index < -0.39 is 0 Å². The van der Waals surface area contributed by atoms with Crippen LogP contribution in [0.3, 0.4) is 0 Å². The largest absolute Gasteiger partial charge is 0.461 e. The number of rotatable bonds is 3. The molecule has 1 aromatic carbocycles. The molecule has 166 valence electrons. The molecular formula is C23H24FN5O3. The van der Waals surface area contributed by atoms with E-state index >= 15 is 0 Å². The second-order valence-electron chi connectivity index (χ2n) is 7.92. The Hall–Kier alpha value is -3.59. The number of amides is 2. The fourth-order valence-electron chi connectivity index (χ4n) is 4.29. The van der Waals surface area contributed by atoms with Crippen LogP contribution in [0, 0.1) is 5.82 Å². The van der Waals surface area contributed by atoms with Gasteiger partial charge in [0.1, 0.15) is 35.8 Å². The fourth-order valence-corrected chi connectivity index (χ4v) is 4.29. The topological polar surface area (TPSA) is 78.0 Å². The molecule has 0 bridgehead atoms. The molecule has 3 aromatic rings. The highest BCUT2D eigenvalue weighted by atomic mass is 19.1. The lowest BCUT2D eigenvalue weighted by atomic mass is 10.1. The average molecular weight is 437 g/mol. The number of urea groups is 1. The van der Waals surface area contributed by atoms with Crippen LogP contribution in [0.15, 0.2) is 64.9 Å². The lowest BCUT2D eigenvalue weighted by Gasteiger charge is -2.40. The van der Waals surface area contributed by atoms with Crippen LogP contribution in [-0.4, -0.2) is 52.0 Å². The Bertz CT molecular complexity index is 1140. The van der Waals surface area contributed by atoms with Crippen LogP contribution in [0.2, 0.25) is 0 Å². The van der Waals surface area contributed by atoms with Crippen molar-refractivity contribution in [3.63, 3.8) is 0 Å². The van der Waals surface area contributed by atoms with Crippen LogP contribution in [0.4, 0.5) is 20.7 Å². The molecule has 5 rings (SSSR count). The minimum Gasteiger partial charge on any atom is -0.461 e. The van der Waals surface area contributed by atoms with Crippen molar-refractivity contribution in [3.8, 4) is 0 Å². The number of carbonyl (C=O) groups is 1. The molecule has 2 aliphatic heterocycles. The van der Waals surface area contributed by atoms with Crippen molar-refractivity contribution in [1.82, 2.24) is 14.7 Å². The Kier molecular flexibility index (Phi) is 5.18. The molecule has 32 heavy (non-hydrogen) atoms. The van der Waals surface area contributed by atoms with Crippen molar-refractivity contribution in [2.75, 3.05) is 36.0 Å². The average Bonchev–Trinajstić information content (AvgIpc) is 3.49. The quantitative estimate of drug-likeness (QED) is 0.680. The number of aliphatic hydroxyl groups is 1. The van der Waals surface area contributed by atoms with E-state index in [2.05, 4.69) is 10.00 Å². The number of hydrogen-bond acceptors (Lipinski definition) is 5. The number of allylic oxidation sites excluding steroid dienone is 2. The molecule has 4 heterocycles. The van der Waals surface area contributed by atoms with Crippen LogP contribution in [0.25, 0.3) is 0 Å². The van der Waals surface area contributed by atoms with Gasteiger partial charge in [-0.2, -0.15) is 5.10 Å². The number of furan rings is 1. The molecule has 2 amide bonds. The number of aromatic nitrogens is 2. The van der Waals surface area contributed by atoms with Gasteiger partial charge in [-0.3, -0.25) is 4.90 Å². The highest BCUT2D eigenvalue weighted by Gasteiger charge is 2.34. The molecule has 0 aliphatic carbocycles. The van der Waals surface area contributed by atoms with Crippen LogP contribution >= 0.6 is 0 Å². The molecule has 0 saturated carbocycles. The third-order valence-corrected chi connectivity index (χ3v) is 5.96. The zero-order valence-electron chi connectivity index (χ0n) is 17.7. The minimum absolute atomic E-state index is 0.104. The van der Waals surface area contributed by atoms with Gasteiger partial charge in [-0.1, -0.05) is 0 Å². The first-order valence-corrected chi connectivity index (χ1v) is 10.6. The van der Waals surface area contributed by atoms with E-state index in [0.717, 1.165) is 11.4 Å². The summed E-state index contributed by atoms with van der Waals surface area (Å²) in [5.41, 5.74) is 1.74. The van der Waals surface area contributed by atoms with E-state index in [4.69, 9.17) is 4.42 Å². The van der Waals surface area contributed by atoms with E-state index in [-0.39, 0.29) is 24.5 Å². The monoisotopic (exact) mass is 437 g/mol. The number of hydrogen-bond donors (Lipinski definition) is 1. The van der Waals surface area contributed by atoms with Crippen LogP contribution in [-0.2, 0) is 6.61 Å². The van der Waals surface area contributed by atoms with Crippen molar-refractivity contribution in [2.24, 2.45) is 0 Å². The van der Waals surface area contributed by atoms with Gasteiger partial charge in [0.15, 0.2) is 0 Å². The summed E-state index contributed by atoms with van der Waals surface area (Å²) in [4.78, 5) is 19.1. The number of aliphatic hydroxyl groups excluding tert-OH is 1. The smallest absolute Gasteiger partial charge is 0.330 e. The molecule has 1 atom stereocenters. The maximum absolute atomic E-state index is 13.5. The summed E-state index contributed by atoms with van der Waals surface area (Å²) in [6.07, 6.45) is 3.60. The van der Waals surface area contributed by atoms with Gasteiger partial charge in [-0.25, -0.2) is 13.9 Å². The normalized spacial score (nSPS) is 18.5. The van der Waals surface area contributed by atoms with Crippen LogP contribution in [0.1, 0.15) is 24.5 Å². The number of halogens is 1. The Morgan fingerprint density at radius 2 is 1.88 bits per heavy atom. The number of anilines is 2. The maximum Gasteiger partial charge on any atom is 0.330 e. The van der Waals surface area contributed by atoms with Gasteiger partial charge in [0, 0.05) is 43.6 Å². The summed E-state index contributed by atoms with van der Waals surface area (Å²) in [7, 11) is 0. The van der Waals surface area contributed by atoms with Crippen LogP contribution in [0.5, 0.6) is 0 Å². The molecule has 8 nitrogen and oxygen atoms in total. The second-order valence-corrected chi connectivity index (χ2v) is 7.92. The second kappa shape index (κ2) is 8.16. The lowest BCUT2D eigenvalue weighted by Crippen LogP contribution is -2.53. The Morgan fingerprint density at radius 3 is 2.56 bits per heavy atom. The minimum atomic E-state index is -0.292. The third kappa shape index (κ3) is 3.54. The van der Waals surface area contributed by atoms with Gasteiger partial charge in [-0.15, -0.1) is 0 Å². The third-order valence-electron chi connectivity index (χ3n) is 5.96. The predicted molar refractivity (Wildman–Crippen MR) is 117 cm³/mol. The van der Waals surface area contributed by atoms with E-state index in [1.54, 1.807) is 34.0 Å². The zero-order valence-corrected chi connectivity index (χ0v) is 17.7. The molecule has 9 heteroatoms. The van der Waals surface area contributed by atoms with E-state index in [9.17, 15) is 14.3 Å². The van der Waals surface area contributed by atoms with Crippen LogP contribution < -0.4 is 9.80 Å². The molecule has 0 spiro atoms. The highest BCUT2D eigenvalue weighted by Crippen LogP contribution is 2.35. The maximum atomic E-state index is 13.5.